The molecule has 2 saturated heterocycles. The molecule has 2 heterocycles. The van der Waals surface area contributed by atoms with E-state index in [0.29, 0.717) is 31.5 Å². The zero-order valence-electron chi connectivity index (χ0n) is 15.7. The van der Waals surface area contributed by atoms with Crippen LogP contribution in [0.25, 0.3) is 0 Å². The molecular weight excluding hydrogens is 360 g/mol. The van der Waals surface area contributed by atoms with E-state index in [9.17, 15) is 19.2 Å². The van der Waals surface area contributed by atoms with Gasteiger partial charge in [0, 0.05) is 24.3 Å². The third-order valence-corrected chi connectivity index (χ3v) is 5.77. The van der Waals surface area contributed by atoms with Gasteiger partial charge in [-0.05, 0) is 37.5 Å². The standard InChI is InChI=1S/C20H24N4O4/c25-16(13-24-18(27)20(22-19(24)28)9-2-1-3-10-20)21-14-6-4-7-15(12-14)23-11-5-8-17(23)26/h4,6-7,12H,1-3,5,8-11,13H2,(H,21,25)(H,22,28). The van der Waals surface area contributed by atoms with E-state index in [1.165, 1.54) is 0 Å². The van der Waals surface area contributed by atoms with E-state index in [0.717, 1.165) is 36.3 Å². The van der Waals surface area contributed by atoms with E-state index in [1.807, 2.05) is 6.07 Å². The van der Waals surface area contributed by atoms with Crippen molar-refractivity contribution in [1.29, 1.82) is 0 Å². The third-order valence-electron chi connectivity index (χ3n) is 5.77. The molecule has 0 atom stereocenters. The molecule has 8 heteroatoms. The molecule has 0 bridgehead atoms. The molecule has 3 fully saturated rings. The minimum atomic E-state index is -0.828. The van der Waals surface area contributed by atoms with Crippen molar-refractivity contribution in [1.82, 2.24) is 10.2 Å². The normalized spacial score (nSPS) is 21.4. The first-order valence-corrected chi connectivity index (χ1v) is 9.83. The molecular formula is C20H24N4O4. The summed E-state index contributed by atoms with van der Waals surface area (Å²) in [6.07, 6.45) is 5.46. The van der Waals surface area contributed by atoms with Gasteiger partial charge in [0.1, 0.15) is 12.1 Å². The summed E-state index contributed by atoms with van der Waals surface area (Å²) >= 11 is 0. The zero-order chi connectivity index (χ0) is 19.7. The van der Waals surface area contributed by atoms with Gasteiger partial charge in [-0.3, -0.25) is 19.3 Å². The average Bonchev–Trinajstić information content (AvgIpc) is 3.20. The van der Waals surface area contributed by atoms with Crippen molar-refractivity contribution in [3.05, 3.63) is 24.3 Å². The van der Waals surface area contributed by atoms with Gasteiger partial charge >= 0.3 is 6.03 Å². The van der Waals surface area contributed by atoms with Crippen molar-refractivity contribution < 1.29 is 19.2 Å². The summed E-state index contributed by atoms with van der Waals surface area (Å²) in [5.74, 6) is -0.675. The molecule has 1 aromatic rings. The van der Waals surface area contributed by atoms with Crippen molar-refractivity contribution in [2.75, 3.05) is 23.3 Å². The second-order valence-corrected chi connectivity index (χ2v) is 7.71. The molecule has 5 amide bonds. The number of hydrogen-bond acceptors (Lipinski definition) is 4. The Kier molecular flexibility index (Phi) is 4.78. The van der Waals surface area contributed by atoms with Crippen molar-refractivity contribution in [3.8, 4) is 0 Å². The average molecular weight is 384 g/mol. The number of hydrogen-bond donors (Lipinski definition) is 2. The maximum atomic E-state index is 12.8. The Labute approximate surface area is 163 Å². The Morgan fingerprint density at radius 2 is 1.89 bits per heavy atom. The molecule has 1 saturated carbocycles. The Morgan fingerprint density at radius 3 is 2.61 bits per heavy atom. The molecule has 1 aromatic carbocycles. The van der Waals surface area contributed by atoms with Crippen LogP contribution in [0, 0.1) is 0 Å². The summed E-state index contributed by atoms with van der Waals surface area (Å²) in [6, 6.07) is 6.54. The smallest absolute Gasteiger partial charge is 0.324 e. The summed E-state index contributed by atoms with van der Waals surface area (Å²) in [7, 11) is 0. The summed E-state index contributed by atoms with van der Waals surface area (Å²) in [4.78, 5) is 52.1. The number of carbonyl (C=O) groups is 4. The van der Waals surface area contributed by atoms with E-state index in [4.69, 9.17) is 0 Å². The van der Waals surface area contributed by atoms with E-state index in [1.54, 1.807) is 23.1 Å². The molecule has 28 heavy (non-hydrogen) atoms. The van der Waals surface area contributed by atoms with E-state index in [2.05, 4.69) is 10.6 Å². The van der Waals surface area contributed by atoms with Gasteiger partial charge in [0.15, 0.2) is 0 Å². The number of nitrogens with zero attached hydrogens (tertiary/aromatic N) is 2. The first-order valence-electron chi connectivity index (χ1n) is 9.83. The molecule has 0 aromatic heterocycles. The lowest BCUT2D eigenvalue weighted by molar-refractivity contribution is -0.134. The van der Waals surface area contributed by atoms with E-state index in [-0.39, 0.29) is 18.4 Å². The molecule has 1 spiro atoms. The fourth-order valence-electron chi connectivity index (χ4n) is 4.33. The highest BCUT2D eigenvalue weighted by molar-refractivity contribution is 6.10. The number of rotatable bonds is 4. The number of nitrogens with one attached hydrogen (secondary N) is 2. The highest BCUT2D eigenvalue weighted by Crippen LogP contribution is 2.33. The topological polar surface area (TPSA) is 98.8 Å². The van der Waals surface area contributed by atoms with Crippen LogP contribution in [-0.4, -0.2) is 47.3 Å². The second kappa shape index (κ2) is 7.26. The van der Waals surface area contributed by atoms with Crippen molar-refractivity contribution in [2.45, 2.75) is 50.5 Å². The van der Waals surface area contributed by atoms with E-state index < -0.39 is 17.5 Å². The van der Waals surface area contributed by atoms with Gasteiger partial charge < -0.3 is 15.5 Å². The predicted octanol–water partition coefficient (Wildman–Crippen LogP) is 2.01. The van der Waals surface area contributed by atoms with Crippen molar-refractivity contribution >= 4 is 35.1 Å². The van der Waals surface area contributed by atoms with Crippen LogP contribution < -0.4 is 15.5 Å². The Balaban J connectivity index is 1.41. The quantitative estimate of drug-likeness (QED) is 0.776. The number of benzene rings is 1. The molecule has 1 aliphatic carbocycles. The fraction of sp³-hybridized carbons (Fsp3) is 0.500. The molecule has 0 radical (unpaired) electrons. The van der Waals surface area contributed by atoms with Crippen LogP contribution in [-0.2, 0) is 14.4 Å². The number of carbonyl (C=O) groups excluding carboxylic acids is 4. The molecule has 0 unspecified atom stereocenters. The molecule has 3 aliphatic rings. The van der Waals surface area contributed by atoms with Crippen LogP contribution in [0.15, 0.2) is 24.3 Å². The largest absolute Gasteiger partial charge is 0.325 e. The second-order valence-electron chi connectivity index (χ2n) is 7.71. The fourth-order valence-corrected chi connectivity index (χ4v) is 4.33. The van der Waals surface area contributed by atoms with Gasteiger partial charge in [-0.1, -0.05) is 25.3 Å². The number of urea groups is 1. The lowest BCUT2D eigenvalue weighted by Crippen LogP contribution is -2.48. The van der Waals surface area contributed by atoms with Gasteiger partial charge in [-0.2, -0.15) is 0 Å². The van der Waals surface area contributed by atoms with E-state index >= 15 is 0 Å². The lowest BCUT2D eigenvalue weighted by Gasteiger charge is -2.30. The van der Waals surface area contributed by atoms with Crippen LogP contribution in [0.2, 0.25) is 0 Å². The van der Waals surface area contributed by atoms with Crippen molar-refractivity contribution in [2.24, 2.45) is 0 Å². The summed E-state index contributed by atoms with van der Waals surface area (Å²) in [5, 5.41) is 5.53. The SMILES string of the molecule is O=C(CN1C(=O)NC2(CCCCC2)C1=O)Nc1cccc(N2CCCC2=O)c1. The van der Waals surface area contributed by atoms with Gasteiger partial charge in [0.2, 0.25) is 11.8 Å². The Hall–Kier alpha value is -2.90. The predicted molar refractivity (Wildman–Crippen MR) is 103 cm³/mol. The Morgan fingerprint density at radius 1 is 1.11 bits per heavy atom. The van der Waals surface area contributed by atoms with Gasteiger partial charge in [0.05, 0.1) is 0 Å². The minimum absolute atomic E-state index is 0.0700. The summed E-state index contributed by atoms with van der Waals surface area (Å²) < 4.78 is 0. The van der Waals surface area contributed by atoms with Crippen LogP contribution in [0.4, 0.5) is 16.2 Å². The maximum Gasteiger partial charge on any atom is 0.325 e. The molecule has 4 rings (SSSR count). The zero-order valence-corrected chi connectivity index (χ0v) is 15.7. The first kappa shape index (κ1) is 18.5. The molecule has 2 N–H and O–H groups in total. The highest BCUT2D eigenvalue weighted by Gasteiger charge is 2.51. The minimum Gasteiger partial charge on any atom is -0.324 e. The van der Waals surface area contributed by atoms with Crippen LogP contribution in [0.5, 0.6) is 0 Å². The molecule has 8 nitrogen and oxygen atoms in total. The monoisotopic (exact) mass is 384 g/mol. The van der Waals surface area contributed by atoms with Crippen molar-refractivity contribution in [3.63, 3.8) is 0 Å². The highest BCUT2D eigenvalue weighted by atomic mass is 16.2. The maximum absolute atomic E-state index is 12.8. The van der Waals surface area contributed by atoms with Gasteiger partial charge in [-0.15, -0.1) is 0 Å². The lowest BCUT2D eigenvalue weighted by atomic mass is 9.82. The summed E-state index contributed by atoms with van der Waals surface area (Å²) in [5.41, 5.74) is 0.434. The van der Waals surface area contributed by atoms with Gasteiger partial charge in [-0.25, -0.2) is 4.79 Å². The van der Waals surface area contributed by atoms with Crippen LogP contribution in [0.3, 0.4) is 0 Å². The third kappa shape index (κ3) is 3.34. The molecule has 148 valence electrons. The van der Waals surface area contributed by atoms with Gasteiger partial charge in [0.25, 0.3) is 5.91 Å². The number of imide groups is 1. The first-order chi connectivity index (χ1) is 13.5. The number of amides is 5. The Bertz CT molecular complexity index is 831. The van der Waals surface area contributed by atoms with Crippen LogP contribution in [0.1, 0.15) is 44.9 Å². The molecule has 2 aliphatic heterocycles. The van der Waals surface area contributed by atoms with Crippen LogP contribution >= 0.6 is 0 Å². The summed E-state index contributed by atoms with van der Waals surface area (Å²) in [6.45, 7) is 0.347. The number of anilines is 2.